The van der Waals surface area contributed by atoms with Gasteiger partial charge in [-0.25, -0.2) is 0 Å². The molecule has 1 aromatic heterocycles. The van der Waals surface area contributed by atoms with Crippen molar-refractivity contribution in [2.24, 2.45) is 0 Å². The lowest BCUT2D eigenvalue weighted by molar-refractivity contribution is -0.120. The Morgan fingerprint density at radius 2 is 1.91 bits per heavy atom. The number of thiocarbonyl (C=S) groups is 1. The fourth-order valence-corrected chi connectivity index (χ4v) is 7.29. The zero-order chi connectivity index (χ0) is 23.0. The molecule has 1 saturated heterocycles. The molecule has 0 saturated carbocycles. The minimum atomic E-state index is -0.177. The molecule has 0 N–H and O–H groups in total. The zero-order valence-electron chi connectivity index (χ0n) is 17.5. The number of thiazole rings is 1. The van der Waals surface area contributed by atoms with Gasteiger partial charge >= 0.3 is 0 Å². The number of thioether (sulfide) groups is 2. The Kier molecular flexibility index (Phi) is 7.02. The summed E-state index contributed by atoms with van der Waals surface area (Å²) in [7, 11) is 0. The van der Waals surface area contributed by atoms with Gasteiger partial charge < -0.3 is 4.90 Å². The van der Waals surface area contributed by atoms with E-state index in [1.54, 1.807) is 22.4 Å². The molecule has 166 valence electrons. The van der Waals surface area contributed by atoms with Crippen LogP contribution in [0.4, 0.5) is 5.69 Å². The van der Waals surface area contributed by atoms with E-state index in [2.05, 4.69) is 18.4 Å². The second-order valence-electron chi connectivity index (χ2n) is 6.85. The van der Waals surface area contributed by atoms with Gasteiger partial charge in [-0.05, 0) is 44.2 Å². The lowest BCUT2D eigenvalue weighted by Crippen LogP contribution is -2.33. The summed E-state index contributed by atoms with van der Waals surface area (Å²) in [5.41, 5.74) is 0.965. The molecule has 0 aliphatic carbocycles. The largest absolute Gasteiger partial charge is 0.335 e. The van der Waals surface area contributed by atoms with Gasteiger partial charge in [0.2, 0.25) is 0 Å². The van der Waals surface area contributed by atoms with E-state index >= 15 is 0 Å². The van der Waals surface area contributed by atoms with Gasteiger partial charge in [-0.2, -0.15) is 0 Å². The van der Waals surface area contributed by atoms with Gasteiger partial charge in [0, 0.05) is 29.6 Å². The number of allylic oxidation sites excluding steroid dienone is 1. The first kappa shape index (κ1) is 23.4. The van der Waals surface area contributed by atoms with Crippen molar-refractivity contribution in [3.05, 3.63) is 66.5 Å². The van der Waals surface area contributed by atoms with E-state index in [9.17, 15) is 9.59 Å². The molecule has 2 aliphatic heterocycles. The number of carbonyl (C=O) groups excluding carboxylic acids is 1. The summed E-state index contributed by atoms with van der Waals surface area (Å²) in [5.74, 6) is -0.177. The maximum atomic E-state index is 13.1. The van der Waals surface area contributed by atoms with Crippen molar-refractivity contribution in [1.82, 2.24) is 9.47 Å². The van der Waals surface area contributed by atoms with Gasteiger partial charge in [0.1, 0.15) is 13.9 Å². The molecule has 2 aliphatic rings. The molecule has 5 nitrogen and oxygen atoms in total. The molecule has 0 radical (unpaired) electrons. The highest BCUT2D eigenvalue weighted by atomic mass is 35.5. The molecule has 0 atom stereocenters. The molecule has 0 unspecified atom stereocenters. The van der Waals surface area contributed by atoms with Crippen LogP contribution in [0.15, 0.2) is 51.6 Å². The predicted molar refractivity (Wildman–Crippen MR) is 142 cm³/mol. The van der Waals surface area contributed by atoms with Crippen molar-refractivity contribution in [2.45, 2.75) is 25.3 Å². The number of aromatic nitrogens is 1. The van der Waals surface area contributed by atoms with Crippen LogP contribution in [0, 0.1) is 0 Å². The third-order valence-corrected chi connectivity index (χ3v) is 9.05. The van der Waals surface area contributed by atoms with Crippen LogP contribution in [0.5, 0.6) is 0 Å². The normalized spacial score (nSPS) is 19.5. The number of carbonyl (C=O) groups is 1. The van der Waals surface area contributed by atoms with Crippen LogP contribution in [0.25, 0.3) is 11.0 Å². The third-order valence-electron chi connectivity index (χ3n) is 4.96. The van der Waals surface area contributed by atoms with Crippen LogP contribution in [0.1, 0.15) is 13.8 Å². The van der Waals surface area contributed by atoms with Crippen molar-refractivity contribution in [1.29, 1.82) is 0 Å². The van der Waals surface area contributed by atoms with E-state index in [0.29, 0.717) is 36.5 Å². The molecule has 2 aromatic rings. The number of anilines is 1. The zero-order valence-corrected chi connectivity index (χ0v) is 21.5. The van der Waals surface area contributed by atoms with Crippen LogP contribution in [-0.4, -0.2) is 32.8 Å². The second-order valence-corrected chi connectivity index (χ2v) is 11.0. The third kappa shape index (κ3) is 4.12. The monoisotopic (exact) mass is 521 g/mol. The maximum Gasteiger partial charge on any atom is 0.269 e. The molecule has 3 heterocycles. The van der Waals surface area contributed by atoms with E-state index in [4.69, 9.17) is 23.8 Å². The highest BCUT2D eigenvalue weighted by molar-refractivity contribution is 8.30. The van der Waals surface area contributed by atoms with Gasteiger partial charge in [0.05, 0.1) is 15.2 Å². The number of rotatable bonds is 5. The smallest absolute Gasteiger partial charge is 0.269 e. The first-order chi connectivity index (χ1) is 15.4. The summed E-state index contributed by atoms with van der Waals surface area (Å²) in [6.45, 7) is 9.28. The minimum absolute atomic E-state index is 0.107. The molecule has 4 rings (SSSR count). The van der Waals surface area contributed by atoms with Gasteiger partial charge in [0.25, 0.3) is 11.5 Å². The number of benzene rings is 1. The lowest BCUT2D eigenvalue weighted by Gasteiger charge is -2.17. The molecule has 0 spiro atoms. The summed E-state index contributed by atoms with van der Waals surface area (Å²) in [6.07, 6.45) is 5.44. The number of halogens is 1. The van der Waals surface area contributed by atoms with Gasteiger partial charge in [-0.3, -0.25) is 19.1 Å². The Morgan fingerprint density at radius 1 is 1.12 bits per heavy atom. The Hall–Kier alpha value is -1.78. The van der Waals surface area contributed by atoms with Crippen molar-refractivity contribution >= 4 is 85.6 Å². The van der Waals surface area contributed by atoms with Crippen molar-refractivity contribution in [2.75, 3.05) is 18.0 Å². The molecular formula is C22H20ClN3O2S4. The van der Waals surface area contributed by atoms with E-state index in [0.717, 1.165) is 22.2 Å². The molecule has 10 heteroatoms. The van der Waals surface area contributed by atoms with E-state index < -0.39 is 0 Å². The van der Waals surface area contributed by atoms with Crippen LogP contribution < -0.4 is 19.7 Å². The molecule has 32 heavy (non-hydrogen) atoms. The number of hydrogen-bond donors (Lipinski definition) is 0. The average Bonchev–Trinajstić information content (AvgIpc) is 3.38. The standard InChI is InChI=1S/C22H20ClN3O2S4/c1-4-11-26-20(28)18(32-22(26)29)21-25(6-3)19(27)16(31-21)9-10-17-24(5-2)14-12-13(23)7-8-15(14)30-17/h4,7-10,12H,1,5-6,11H2,2-3H3. The van der Waals surface area contributed by atoms with Crippen molar-refractivity contribution < 1.29 is 4.79 Å². The Morgan fingerprint density at radius 3 is 2.59 bits per heavy atom. The maximum absolute atomic E-state index is 13.1. The van der Waals surface area contributed by atoms with Gasteiger partial charge in [-0.15, -0.1) is 17.9 Å². The summed E-state index contributed by atoms with van der Waals surface area (Å²) in [5, 5.41) is 1.72. The molecule has 1 amide bonds. The van der Waals surface area contributed by atoms with E-state index in [1.165, 1.54) is 28.0 Å². The fourth-order valence-electron chi connectivity index (χ4n) is 3.47. The lowest BCUT2D eigenvalue weighted by atomic mass is 10.3. The predicted octanol–water partition coefficient (Wildman–Crippen LogP) is 3.99. The highest BCUT2D eigenvalue weighted by Crippen LogP contribution is 2.46. The molecule has 1 aromatic carbocycles. The second kappa shape index (κ2) is 9.61. The number of fused-ring (bicyclic) bond motifs is 1. The topological polar surface area (TPSA) is 45.6 Å². The van der Waals surface area contributed by atoms with Crippen LogP contribution in [0.3, 0.4) is 0 Å². The number of amides is 1. The van der Waals surface area contributed by atoms with Crippen LogP contribution in [0.2, 0.25) is 5.02 Å². The summed E-state index contributed by atoms with van der Waals surface area (Å²) < 4.78 is 3.35. The number of nitrogens with zero attached hydrogens (tertiary/aromatic N) is 3. The minimum Gasteiger partial charge on any atom is -0.335 e. The summed E-state index contributed by atoms with van der Waals surface area (Å²) in [4.78, 5) is 31.3. The van der Waals surface area contributed by atoms with E-state index in [-0.39, 0.29) is 11.5 Å². The summed E-state index contributed by atoms with van der Waals surface area (Å²) in [6, 6.07) is 5.85. The first-order valence-corrected chi connectivity index (χ1v) is 13.2. The van der Waals surface area contributed by atoms with Crippen LogP contribution >= 0.6 is 58.7 Å². The molecule has 0 bridgehead atoms. The SMILES string of the molecule is C=CCN1C(=O)C(=c2sc(=CC=C3Sc4ccc(Cl)cc4N3CC)c(=O)n2CC)SC1=S. The van der Waals surface area contributed by atoms with Crippen molar-refractivity contribution in [3.63, 3.8) is 0 Å². The Balaban J connectivity index is 1.79. The van der Waals surface area contributed by atoms with E-state index in [1.807, 2.05) is 37.3 Å². The summed E-state index contributed by atoms with van der Waals surface area (Å²) >= 11 is 15.7. The average molecular weight is 522 g/mol. The molecular weight excluding hydrogens is 502 g/mol. The Bertz CT molecular complexity index is 1340. The quantitative estimate of drug-likeness (QED) is 0.438. The van der Waals surface area contributed by atoms with Crippen LogP contribution in [-0.2, 0) is 11.3 Å². The fraction of sp³-hybridized carbons (Fsp3) is 0.227. The van der Waals surface area contributed by atoms with Gasteiger partial charge in [0.15, 0.2) is 0 Å². The Labute approximate surface area is 208 Å². The number of hydrogen-bond acceptors (Lipinski definition) is 7. The first-order valence-electron chi connectivity index (χ1n) is 9.95. The molecule has 1 fully saturated rings. The van der Waals surface area contributed by atoms with Gasteiger partial charge in [-0.1, -0.05) is 53.4 Å². The highest BCUT2D eigenvalue weighted by Gasteiger charge is 2.33. The van der Waals surface area contributed by atoms with Crippen molar-refractivity contribution in [3.8, 4) is 0 Å².